The molecule has 2 fully saturated rings. The van der Waals surface area contributed by atoms with Crippen LogP contribution in [-0.2, 0) is 9.59 Å². The Morgan fingerprint density at radius 1 is 1.37 bits per heavy atom. The Bertz CT molecular complexity index is 671. The van der Waals surface area contributed by atoms with Crippen LogP contribution in [0.5, 0.6) is 0 Å². The minimum atomic E-state index is -0.265. The molecular weight excluding hydrogens is 348 g/mol. The van der Waals surface area contributed by atoms with E-state index in [0.717, 1.165) is 0 Å². The lowest BCUT2D eigenvalue weighted by molar-refractivity contribution is -0.132. The van der Waals surface area contributed by atoms with Crippen molar-refractivity contribution in [1.82, 2.24) is 20.4 Å². The normalized spacial score (nSPS) is 25.0. The third-order valence-electron chi connectivity index (χ3n) is 5.51. The molecule has 2 aliphatic heterocycles. The summed E-state index contributed by atoms with van der Waals surface area (Å²) in [4.78, 5) is 40.7. The van der Waals surface area contributed by atoms with E-state index in [0.29, 0.717) is 45.4 Å². The van der Waals surface area contributed by atoms with Gasteiger partial charge in [-0.1, -0.05) is 0 Å². The van der Waals surface area contributed by atoms with Crippen molar-refractivity contribution in [3.63, 3.8) is 0 Å². The van der Waals surface area contributed by atoms with Crippen LogP contribution < -0.4 is 10.6 Å². The second-order valence-electron chi connectivity index (χ2n) is 7.10. The van der Waals surface area contributed by atoms with E-state index in [2.05, 4.69) is 15.5 Å². The lowest BCUT2D eigenvalue weighted by atomic mass is 10.0. The molecule has 3 rings (SSSR count). The predicted molar refractivity (Wildman–Crippen MR) is 99.0 cm³/mol. The molecule has 2 N–H and O–H groups in total. The van der Waals surface area contributed by atoms with Gasteiger partial charge in [-0.05, 0) is 38.8 Å². The number of hydrogen-bond donors (Lipinski definition) is 2. The molecule has 0 unspecified atom stereocenters. The molecule has 0 aromatic carbocycles. The number of amides is 3. The van der Waals surface area contributed by atoms with Crippen molar-refractivity contribution in [2.45, 2.75) is 51.2 Å². The summed E-state index contributed by atoms with van der Waals surface area (Å²) in [6.07, 6.45) is 3.20. The summed E-state index contributed by atoms with van der Waals surface area (Å²) in [5, 5.41) is 5.90. The average Bonchev–Trinajstić information content (AvgIpc) is 3.32. The number of carbonyl (C=O) groups is 3. The maximum Gasteiger partial charge on any atom is 0.287 e. The highest BCUT2D eigenvalue weighted by Crippen LogP contribution is 2.26. The number of hydrogen-bond acceptors (Lipinski definition) is 5. The zero-order valence-corrected chi connectivity index (χ0v) is 15.9. The summed E-state index contributed by atoms with van der Waals surface area (Å²) in [6, 6.07) is 3.03. The summed E-state index contributed by atoms with van der Waals surface area (Å²) in [6.45, 7) is 6.53. The van der Waals surface area contributed by atoms with Crippen LogP contribution in [0.2, 0.25) is 0 Å². The second kappa shape index (κ2) is 8.56. The fourth-order valence-corrected chi connectivity index (χ4v) is 4.04. The van der Waals surface area contributed by atoms with Gasteiger partial charge < -0.3 is 20.0 Å². The van der Waals surface area contributed by atoms with E-state index < -0.39 is 0 Å². The molecule has 1 aromatic rings. The van der Waals surface area contributed by atoms with Gasteiger partial charge in [-0.2, -0.15) is 0 Å². The van der Waals surface area contributed by atoms with Crippen LogP contribution in [0.25, 0.3) is 0 Å². The summed E-state index contributed by atoms with van der Waals surface area (Å²) < 4.78 is 5.13. The molecule has 1 aromatic heterocycles. The second-order valence-corrected chi connectivity index (χ2v) is 7.10. The van der Waals surface area contributed by atoms with Crippen molar-refractivity contribution in [3.8, 4) is 0 Å². The van der Waals surface area contributed by atoms with E-state index in [1.54, 1.807) is 12.1 Å². The topological polar surface area (TPSA) is 94.9 Å². The van der Waals surface area contributed by atoms with E-state index >= 15 is 0 Å². The summed E-state index contributed by atoms with van der Waals surface area (Å²) in [5.41, 5.74) is 0. The zero-order chi connectivity index (χ0) is 19.4. The first-order valence-corrected chi connectivity index (χ1v) is 9.69. The first-order valence-electron chi connectivity index (χ1n) is 9.69. The molecule has 0 saturated carbocycles. The summed E-state index contributed by atoms with van der Waals surface area (Å²) in [5.74, 6) is 0.149. The molecule has 0 bridgehead atoms. The number of fused-ring (bicyclic) bond motifs is 1. The van der Waals surface area contributed by atoms with Crippen molar-refractivity contribution in [1.29, 1.82) is 0 Å². The minimum absolute atomic E-state index is 0.00364. The Labute approximate surface area is 159 Å². The van der Waals surface area contributed by atoms with E-state index in [4.69, 9.17) is 4.42 Å². The average molecular weight is 376 g/mol. The molecule has 2 aliphatic rings. The van der Waals surface area contributed by atoms with Crippen LogP contribution >= 0.6 is 0 Å². The van der Waals surface area contributed by atoms with Crippen LogP contribution in [0.15, 0.2) is 22.8 Å². The smallest absolute Gasteiger partial charge is 0.287 e. The van der Waals surface area contributed by atoms with E-state index in [1.807, 2.05) is 18.7 Å². The summed E-state index contributed by atoms with van der Waals surface area (Å²) >= 11 is 0. The molecule has 3 atom stereocenters. The first kappa shape index (κ1) is 19.4. The molecule has 0 spiro atoms. The van der Waals surface area contributed by atoms with Gasteiger partial charge in [0.15, 0.2) is 5.76 Å². The van der Waals surface area contributed by atoms with Crippen molar-refractivity contribution in [2.24, 2.45) is 0 Å². The highest BCUT2D eigenvalue weighted by atomic mass is 16.3. The van der Waals surface area contributed by atoms with Crippen LogP contribution in [0.4, 0.5) is 0 Å². The molecule has 8 heteroatoms. The Balaban J connectivity index is 1.58. The van der Waals surface area contributed by atoms with Gasteiger partial charge >= 0.3 is 0 Å². The first-order chi connectivity index (χ1) is 13.0. The van der Waals surface area contributed by atoms with Crippen LogP contribution in [0.1, 0.15) is 43.7 Å². The van der Waals surface area contributed by atoms with Gasteiger partial charge in [-0.15, -0.1) is 0 Å². The SMILES string of the molecule is CCN(CC)C(=O)CC[C@@H]1CNC(=O)[C@@H]2C[C@H](NC(=O)c3ccco3)CN12. The molecule has 8 nitrogen and oxygen atoms in total. The van der Waals surface area contributed by atoms with Gasteiger partial charge in [0.05, 0.1) is 12.3 Å². The highest BCUT2D eigenvalue weighted by molar-refractivity contribution is 5.91. The standard InChI is InChI=1S/C19H28N4O4/c1-3-22(4-2)17(24)8-7-14-11-20-18(25)15-10-13(12-23(14)15)21-19(26)16-6-5-9-27-16/h5-6,9,13-15H,3-4,7-8,10-12H2,1-2H3,(H,20,25)(H,21,26)/t13-,14+,15-/m0/s1. The van der Waals surface area contributed by atoms with Gasteiger partial charge in [-0.25, -0.2) is 0 Å². The molecule has 0 radical (unpaired) electrons. The number of rotatable bonds is 7. The molecule has 3 heterocycles. The predicted octanol–water partition coefficient (Wildman–Crippen LogP) is 0.599. The van der Waals surface area contributed by atoms with E-state index in [-0.39, 0.29) is 41.6 Å². The zero-order valence-electron chi connectivity index (χ0n) is 15.9. The minimum Gasteiger partial charge on any atom is -0.459 e. The third-order valence-corrected chi connectivity index (χ3v) is 5.51. The van der Waals surface area contributed by atoms with Crippen molar-refractivity contribution >= 4 is 17.7 Å². The molecule has 0 aliphatic carbocycles. The van der Waals surface area contributed by atoms with Crippen LogP contribution in [-0.4, -0.2) is 71.8 Å². The lowest BCUT2D eigenvalue weighted by Gasteiger charge is -2.37. The maximum absolute atomic E-state index is 12.3. The van der Waals surface area contributed by atoms with E-state index in [1.165, 1.54) is 6.26 Å². The Kier molecular flexibility index (Phi) is 6.15. The van der Waals surface area contributed by atoms with Crippen molar-refractivity contribution in [3.05, 3.63) is 24.2 Å². The number of carbonyl (C=O) groups excluding carboxylic acids is 3. The number of nitrogens with one attached hydrogen (secondary N) is 2. The number of nitrogens with zero attached hydrogens (tertiary/aromatic N) is 2. The van der Waals surface area contributed by atoms with Gasteiger partial charge in [0.2, 0.25) is 11.8 Å². The molecule has 148 valence electrons. The Morgan fingerprint density at radius 3 is 2.81 bits per heavy atom. The fraction of sp³-hybridized carbons (Fsp3) is 0.632. The summed E-state index contributed by atoms with van der Waals surface area (Å²) in [7, 11) is 0. The molecular formula is C19H28N4O4. The quantitative estimate of drug-likeness (QED) is 0.727. The molecule has 27 heavy (non-hydrogen) atoms. The largest absolute Gasteiger partial charge is 0.459 e. The number of furan rings is 1. The van der Waals surface area contributed by atoms with E-state index in [9.17, 15) is 14.4 Å². The Hall–Kier alpha value is -2.35. The highest BCUT2D eigenvalue weighted by Gasteiger charge is 2.44. The Morgan fingerprint density at radius 2 is 2.15 bits per heavy atom. The van der Waals surface area contributed by atoms with Gasteiger partial charge in [0.1, 0.15) is 0 Å². The number of piperazine rings is 1. The maximum atomic E-state index is 12.3. The van der Waals surface area contributed by atoms with Crippen molar-refractivity contribution in [2.75, 3.05) is 26.2 Å². The lowest BCUT2D eigenvalue weighted by Crippen LogP contribution is -2.58. The monoisotopic (exact) mass is 376 g/mol. The fourth-order valence-electron chi connectivity index (χ4n) is 4.04. The molecule has 2 saturated heterocycles. The van der Waals surface area contributed by atoms with Crippen LogP contribution in [0, 0.1) is 0 Å². The van der Waals surface area contributed by atoms with Gasteiger partial charge in [-0.3, -0.25) is 19.3 Å². The van der Waals surface area contributed by atoms with Crippen LogP contribution in [0.3, 0.4) is 0 Å². The van der Waals surface area contributed by atoms with Gasteiger partial charge in [0, 0.05) is 44.7 Å². The van der Waals surface area contributed by atoms with Gasteiger partial charge in [0.25, 0.3) is 5.91 Å². The molecule has 3 amide bonds. The van der Waals surface area contributed by atoms with Crippen molar-refractivity contribution < 1.29 is 18.8 Å². The third kappa shape index (κ3) is 4.32.